The highest BCUT2D eigenvalue weighted by Gasteiger charge is 2.27. The molecule has 0 bridgehead atoms. The zero-order valence-corrected chi connectivity index (χ0v) is 25.9. The summed E-state index contributed by atoms with van der Waals surface area (Å²) in [6, 6.07) is 5.98. The molecular weight excluding hydrogens is 575 g/mol. The van der Waals surface area contributed by atoms with Crippen LogP contribution in [0.5, 0.6) is 0 Å². The SMILES string of the molecule is CC(C)(C)OC(=O)N1CC=C(c2ccc(C(=O)Nc3cc(F)c(C4=CCN(C(=O)OC(C)(C)C)CC4)c(F)c3)cc2F)CC1. The van der Waals surface area contributed by atoms with Crippen molar-refractivity contribution < 1.29 is 37.0 Å². The topological polar surface area (TPSA) is 88.2 Å². The summed E-state index contributed by atoms with van der Waals surface area (Å²) in [5.74, 6) is -3.11. The van der Waals surface area contributed by atoms with Crippen LogP contribution in [-0.4, -0.2) is 65.3 Å². The first kappa shape index (κ1) is 32.6. The molecule has 0 aromatic heterocycles. The Bertz CT molecular complexity index is 1500. The zero-order valence-electron chi connectivity index (χ0n) is 25.9. The van der Waals surface area contributed by atoms with Gasteiger partial charge in [-0.05, 0) is 89.8 Å². The Kier molecular flexibility index (Phi) is 9.46. The van der Waals surface area contributed by atoms with Gasteiger partial charge in [-0.15, -0.1) is 0 Å². The summed E-state index contributed by atoms with van der Waals surface area (Å²) in [6.07, 6.45) is 3.00. The number of nitrogens with one attached hydrogen (secondary N) is 1. The number of carbonyl (C=O) groups is 3. The second kappa shape index (κ2) is 12.8. The van der Waals surface area contributed by atoms with Crippen molar-refractivity contribution in [2.24, 2.45) is 0 Å². The number of ether oxygens (including phenoxy) is 2. The maximum absolute atomic E-state index is 15.1. The molecule has 2 aromatic rings. The molecule has 2 aromatic carbocycles. The van der Waals surface area contributed by atoms with Gasteiger partial charge in [0.15, 0.2) is 0 Å². The van der Waals surface area contributed by atoms with Crippen LogP contribution in [0.2, 0.25) is 0 Å². The molecule has 1 N–H and O–H groups in total. The van der Waals surface area contributed by atoms with E-state index in [4.69, 9.17) is 9.47 Å². The fourth-order valence-electron chi connectivity index (χ4n) is 4.87. The lowest BCUT2D eigenvalue weighted by molar-refractivity contribution is 0.0260. The molecule has 0 fully saturated rings. The molecule has 4 rings (SSSR count). The van der Waals surface area contributed by atoms with Gasteiger partial charge in [-0.1, -0.05) is 18.2 Å². The predicted molar refractivity (Wildman–Crippen MR) is 162 cm³/mol. The minimum atomic E-state index is -0.872. The molecular formula is C33H38F3N3O5. The van der Waals surface area contributed by atoms with Gasteiger partial charge >= 0.3 is 12.2 Å². The molecule has 2 aliphatic heterocycles. The number of rotatable bonds is 4. The summed E-state index contributed by atoms with van der Waals surface area (Å²) in [4.78, 5) is 40.4. The first-order valence-electron chi connectivity index (χ1n) is 14.5. The number of halogens is 3. The van der Waals surface area contributed by atoms with Crippen LogP contribution in [-0.2, 0) is 9.47 Å². The Hall–Kier alpha value is -4.28. The van der Waals surface area contributed by atoms with Gasteiger partial charge in [-0.3, -0.25) is 4.79 Å². The first-order chi connectivity index (χ1) is 20.5. The molecule has 0 saturated heterocycles. The minimum absolute atomic E-state index is 0.0276. The van der Waals surface area contributed by atoms with E-state index in [1.807, 2.05) is 0 Å². The average Bonchev–Trinajstić information content (AvgIpc) is 2.91. The van der Waals surface area contributed by atoms with Crippen molar-refractivity contribution in [3.05, 3.63) is 76.6 Å². The maximum Gasteiger partial charge on any atom is 0.410 e. The molecule has 2 aliphatic rings. The first-order valence-corrected chi connectivity index (χ1v) is 14.5. The van der Waals surface area contributed by atoms with E-state index in [0.29, 0.717) is 29.7 Å². The van der Waals surface area contributed by atoms with E-state index in [1.54, 1.807) is 53.7 Å². The molecule has 0 spiro atoms. The number of benzene rings is 2. The lowest BCUT2D eigenvalue weighted by atomic mass is 9.97. The van der Waals surface area contributed by atoms with Crippen LogP contribution in [0.3, 0.4) is 0 Å². The van der Waals surface area contributed by atoms with Crippen LogP contribution in [0, 0.1) is 17.5 Å². The Morgan fingerprint density at radius 1 is 0.727 bits per heavy atom. The fourth-order valence-corrected chi connectivity index (χ4v) is 4.87. The minimum Gasteiger partial charge on any atom is -0.444 e. The highest BCUT2D eigenvalue weighted by atomic mass is 19.1. The fraction of sp³-hybridized carbons (Fsp3) is 0.424. The number of anilines is 1. The second-order valence-electron chi connectivity index (χ2n) is 12.8. The van der Waals surface area contributed by atoms with E-state index in [0.717, 1.165) is 18.2 Å². The molecule has 0 radical (unpaired) electrons. The van der Waals surface area contributed by atoms with Gasteiger partial charge < -0.3 is 24.6 Å². The molecule has 0 unspecified atom stereocenters. The molecule has 0 aliphatic carbocycles. The van der Waals surface area contributed by atoms with E-state index in [2.05, 4.69) is 5.32 Å². The van der Waals surface area contributed by atoms with Crippen molar-refractivity contribution in [1.29, 1.82) is 0 Å². The van der Waals surface area contributed by atoms with Crippen molar-refractivity contribution >= 4 is 34.9 Å². The van der Waals surface area contributed by atoms with Gasteiger partial charge in [0.2, 0.25) is 0 Å². The zero-order chi connectivity index (χ0) is 32.4. The van der Waals surface area contributed by atoms with Crippen LogP contribution in [0.15, 0.2) is 42.5 Å². The number of carbonyl (C=O) groups excluding carboxylic acids is 3. The summed E-state index contributed by atoms with van der Waals surface area (Å²) >= 11 is 0. The van der Waals surface area contributed by atoms with Crippen molar-refractivity contribution in [2.45, 2.75) is 65.6 Å². The lowest BCUT2D eigenvalue weighted by Crippen LogP contribution is -2.39. The van der Waals surface area contributed by atoms with E-state index in [9.17, 15) is 14.4 Å². The average molecular weight is 614 g/mol. The van der Waals surface area contributed by atoms with Crippen molar-refractivity contribution in [3.63, 3.8) is 0 Å². The number of amides is 3. The number of nitrogens with zero attached hydrogens (tertiary/aromatic N) is 2. The largest absolute Gasteiger partial charge is 0.444 e. The monoisotopic (exact) mass is 613 g/mol. The van der Waals surface area contributed by atoms with Gasteiger partial charge in [0.25, 0.3) is 5.91 Å². The van der Waals surface area contributed by atoms with Gasteiger partial charge in [0, 0.05) is 48.6 Å². The summed E-state index contributed by atoms with van der Waals surface area (Å²) < 4.78 is 55.9. The van der Waals surface area contributed by atoms with Gasteiger partial charge in [0.05, 0.1) is 0 Å². The van der Waals surface area contributed by atoms with Gasteiger partial charge in [-0.2, -0.15) is 0 Å². The normalized spacial score (nSPS) is 15.8. The third kappa shape index (κ3) is 8.21. The molecule has 0 saturated carbocycles. The van der Waals surface area contributed by atoms with Crippen LogP contribution in [0.4, 0.5) is 28.4 Å². The predicted octanol–water partition coefficient (Wildman–Crippen LogP) is 7.40. The van der Waals surface area contributed by atoms with Crippen molar-refractivity contribution in [3.8, 4) is 0 Å². The summed E-state index contributed by atoms with van der Waals surface area (Å²) in [7, 11) is 0. The molecule has 8 nitrogen and oxygen atoms in total. The number of hydrogen-bond acceptors (Lipinski definition) is 5. The third-order valence-electron chi connectivity index (χ3n) is 6.92. The van der Waals surface area contributed by atoms with Crippen LogP contribution >= 0.6 is 0 Å². The van der Waals surface area contributed by atoms with Gasteiger partial charge in [-0.25, -0.2) is 22.8 Å². The summed E-state index contributed by atoms with van der Waals surface area (Å²) in [5.41, 5.74) is -0.258. The van der Waals surface area contributed by atoms with Crippen molar-refractivity contribution in [2.75, 3.05) is 31.5 Å². The highest BCUT2D eigenvalue weighted by molar-refractivity contribution is 6.04. The quantitative estimate of drug-likeness (QED) is 0.388. The Balaban J connectivity index is 1.41. The molecule has 2 heterocycles. The Labute approximate surface area is 255 Å². The molecule has 236 valence electrons. The third-order valence-corrected chi connectivity index (χ3v) is 6.92. The Morgan fingerprint density at radius 3 is 1.66 bits per heavy atom. The van der Waals surface area contributed by atoms with Crippen molar-refractivity contribution in [1.82, 2.24) is 9.80 Å². The van der Waals surface area contributed by atoms with E-state index >= 15 is 13.2 Å². The molecule has 11 heteroatoms. The highest BCUT2D eigenvalue weighted by Crippen LogP contribution is 2.31. The second-order valence-corrected chi connectivity index (χ2v) is 12.8. The van der Waals surface area contributed by atoms with E-state index in [-0.39, 0.29) is 42.9 Å². The van der Waals surface area contributed by atoms with Crippen LogP contribution in [0.25, 0.3) is 11.1 Å². The maximum atomic E-state index is 15.1. The van der Waals surface area contributed by atoms with E-state index < -0.39 is 46.7 Å². The smallest absolute Gasteiger partial charge is 0.410 e. The summed E-state index contributed by atoms with van der Waals surface area (Å²) in [5, 5.41) is 2.43. The lowest BCUT2D eigenvalue weighted by Gasteiger charge is -2.29. The van der Waals surface area contributed by atoms with Crippen LogP contribution in [0.1, 0.15) is 75.9 Å². The van der Waals surface area contributed by atoms with E-state index in [1.165, 1.54) is 21.9 Å². The van der Waals surface area contributed by atoms with Crippen LogP contribution < -0.4 is 5.32 Å². The number of hydrogen-bond donors (Lipinski definition) is 1. The molecule has 3 amide bonds. The summed E-state index contributed by atoms with van der Waals surface area (Å²) in [6.45, 7) is 11.6. The standard InChI is InChI=1S/C33H38F3N3O5/c1-32(2,3)43-30(41)38-13-9-20(10-14-38)24-8-7-22(17-25(24)34)29(40)37-23-18-26(35)28(27(36)19-23)21-11-15-39(16-12-21)31(42)44-33(4,5)6/h7-9,11,17-19H,10,12-16H2,1-6H3,(H,37,40). The van der Waals surface area contributed by atoms with Gasteiger partial charge in [0.1, 0.15) is 28.7 Å². The molecule has 0 atom stereocenters. The molecule has 44 heavy (non-hydrogen) atoms. The Morgan fingerprint density at radius 2 is 1.23 bits per heavy atom.